The Hall–Kier alpha value is -0.120. The minimum Gasteiger partial charge on any atom is -0.353 e. The van der Waals surface area contributed by atoms with Gasteiger partial charge in [-0.05, 0) is 12.8 Å². The SMILES string of the molecule is CCCCCCCCCCOC(CCNC(C)C)OCCCCCCCCCC. The van der Waals surface area contributed by atoms with Gasteiger partial charge >= 0.3 is 0 Å². The van der Waals surface area contributed by atoms with Gasteiger partial charge in [0.2, 0.25) is 0 Å². The molecule has 3 nitrogen and oxygen atoms in total. The second kappa shape index (κ2) is 24.2. The summed E-state index contributed by atoms with van der Waals surface area (Å²) in [5.74, 6) is 0. The molecule has 0 saturated heterocycles. The Balaban J connectivity index is 3.72. The molecular formula is C26H55NO2. The van der Waals surface area contributed by atoms with E-state index >= 15 is 0 Å². The lowest BCUT2D eigenvalue weighted by molar-refractivity contribution is -0.146. The number of nitrogens with one attached hydrogen (secondary N) is 1. The molecule has 0 aromatic rings. The van der Waals surface area contributed by atoms with E-state index in [4.69, 9.17) is 9.47 Å². The highest BCUT2D eigenvalue weighted by atomic mass is 16.7. The van der Waals surface area contributed by atoms with Crippen LogP contribution < -0.4 is 5.32 Å². The summed E-state index contributed by atoms with van der Waals surface area (Å²) in [6.45, 7) is 11.6. The van der Waals surface area contributed by atoms with Crippen molar-refractivity contribution in [3.63, 3.8) is 0 Å². The number of rotatable bonds is 24. The van der Waals surface area contributed by atoms with Crippen molar-refractivity contribution >= 4 is 0 Å². The van der Waals surface area contributed by atoms with Crippen molar-refractivity contribution in [2.24, 2.45) is 0 Å². The van der Waals surface area contributed by atoms with E-state index in [1.165, 1.54) is 103 Å². The lowest BCUT2D eigenvalue weighted by Crippen LogP contribution is -2.29. The van der Waals surface area contributed by atoms with Crippen LogP contribution in [0.2, 0.25) is 0 Å². The number of unbranched alkanes of at least 4 members (excludes halogenated alkanes) is 14. The maximum atomic E-state index is 6.08. The van der Waals surface area contributed by atoms with Gasteiger partial charge in [0.1, 0.15) is 0 Å². The molecule has 0 spiro atoms. The van der Waals surface area contributed by atoms with Gasteiger partial charge in [0.15, 0.2) is 6.29 Å². The first kappa shape index (κ1) is 28.9. The topological polar surface area (TPSA) is 30.5 Å². The lowest BCUT2D eigenvalue weighted by atomic mass is 10.1. The molecule has 0 amide bonds. The molecule has 0 aliphatic carbocycles. The average Bonchev–Trinajstić information content (AvgIpc) is 2.70. The number of ether oxygens (including phenoxy) is 2. The van der Waals surface area contributed by atoms with Crippen LogP contribution in [0.4, 0.5) is 0 Å². The summed E-state index contributed by atoms with van der Waals surface area (Å²) in [5.41, 5.74) is 0. The van der Waals surface area contributed by atoms with E-state index in [1.807, 2.05) is 0 Å². The smallest absolute Gasteiger partial charge is 0.158 e. The van der Waals surface area contributed by atoms with Crippen molar-refractivity contribution in [2.45, 2.75) is 149 Å². The summed E-state index contributed by atoms with van der Waals surface area (Å²) in [7, 11) is 0. The highest BCUT2D eigenvalue weighted by Crippen LogP contribution is 2.11. The quantitative estimate of drug-likeness (QED) is 0.128. The Morgan fingerprint density at radius 2 is 0.931 bits per heavy atom. The molecule has 0 aliphatic rings. The predicted octanol–water partition coefficient (Wildman–Crippen LogP) is 8.02. The maximum Gasteiger partial charge on any atom is 0.158 e. The summed E-state index contributed by atoms with van der Waals surface area (Å²) >= 11 is 0. The third-order valence-corrected chi connectivity index (χ3v) is 5.54. The molecule has 0 heterocycles. The second-order valence-electron chi connectivity index (χ2n) is 9.02. The zero-order chi connectivity index (χ0) is 21.4. The summed E-state index contributed by atoms with van der Waals surface area (Å²) < 4.78 is 12.2. The Morgan fingerprint density at radius 1 is 0.552 bits per heavy atom. The first-order valence-corrected chi connectivity index (χ1v) is 13.2. The van der Waals surface area contributed by atoms with Gasteiger partial charge in [0.25, 0.3) is 0 Å². The van der Waals surface area contributed by atoms with E-state index < -0.39 is 0 Å². The molecule has 29 heavy (non-hydrogen) atoms. The zero-order valence-corrected chi connectivity index (χ0v) is 20.6. The van der Waals surface area contributed by atoms with Gasteiger partial charge < -0.3 is 14.8 Å². The van der Waals surface area contributed by atoms with Crippen LogP contribution in [-0.4, -0.2) is 32.1 Å². The molecule has 1 N–H and O–H groups in total. The molecule has 0 aliphatic heterocycles. The van der Waals surface area contributed by atoms with Crippen LogP contribution in [0, 0.1) is 0 Å². The predicted molar refractivity (Wildman–Crippen MR) is 129 cm³/mol. The fraction of sp³-hybridized carbons (Fsp3) is 1.00. The molecule has 3 heteroatoms. The molecule has 0 aromatic carbocycles. The highest BCUT2D eigenvalue weighted by molar-refractivity contribution is 4.56. The second-order valence-corrected chi connectivity index (χ2v) is 9.02. The molecular weight excluding hydrogens is 358 g/mol. The Bertz CT molecular complexity index is 274. The van der Waals surface area contributed by atoms with Gasteiger partial charge in [0.05, 0.1) is 0 Å². The highest BCUT2D eigenvalue weighted by Gasteiger charge is 2.09. The fourth-order valence-corrected chi connectivity index (χ4v) is 3.61. The van der Waals surface area contributed by atoms with Gasteiger partial charge in [-0.3, -0.25) is 0 Å². The number of hydrogen-bond acceptors (Lipinski definition) is 3. The third kappa shape index (κ3) is 24.0. The van der Waals surface area contributed by atoms with Crippen LogP contribution in [0.15, 0.2) is 0 Å². The van der Waals surface area contributed by atoms with Crippen LogP contribution in [0.1, 0.15) is 137 Å². The van der Waals surface area contributed by atoms with Crippen LogP contribution in [0.25, 0.3) is 0 Å². The monoisotopic (exact) mass is 413 g/mol. The average molecular weight is 414 g/mol. The molecule has 0 aromatic heterocycles. The largest absolute Gasteiger partial charge is 0.353 e. The first-order chi connectivity index (χ1) is 14.2. The Labute approximate surface area is 184 Å². The van der Waals surface area contributed by atoms with Gasteiger partial charge in [-0.15, -0.1) is 0 Å². The van der Waals surface area contributed by atoms with Gasteiger partial charge in [0, 0.05) is 32.2 Å². The van der Waals surface area contributed by atoms with Crippen LogP contribution in [-0.2, 0) is 9.47 Å². The lowest BCUT2D eigenvalue weighted by Gasteiger charge is -2.20. The standard InChI is InChI=1S/C26H55NO2/c1-5-7-9-11-13-15-17-19-23-28-26(21-22-27-25(3)4)29-24-20-18-16-14-12-10-8-6-2/h25-27H,5-24H2,1-4H3. The van der Waals surface area contributed by atoms with E-state index in [0.29, 0.717) is 6.04 Å². The van der Waals surface area contributed by atoms with Crippen molar-refractivity contribution in [3.8, 4) is 0 Å². The van der Waals surface area contributed by atoms with E-state index in [1.54, 1.807) is 0 Å². The Kier molecular flexibility index (Phi) is 24.1. The van der Waals surface area contributed by atoms with Crippen LogP contribution >= 0.6 is 0 Å². The van der Waals surface area contributed by atoms with Crippen molar-refractivity contribution < 1.29 is 9.47 Å². The molecule has 0 saturated carbocycles. The van der Waals surface area contributed by atoms with Crippen molar-refractivity contribution in [3.05, 3.63) is 0 Å². The Morgan fingerprint density at radius 3 is 1.31 bits per heavy atom. The summed E-state index contributed by atoms with van der Waals surface area (Å²) in [6.07, 6.45) is 22.4. The first-order valence-electron chi connectivity index (χ1n) is 13.2. The van der Waals surface area contributed by atoms with Crippen LogP contribution in [0.5, 0.6) is 0 Å². The summed E-state index contributed by atoms with van der Waals surface area (Å²) in [5, 5.41) is 3.49. The number of hydrogen-bond donors (Lipinski definition) is 1. The summed E-state index contributed by atoms with van der Waals surface area (Å²) in [4.78, 5) is 0. The normalized spacial score (nSPS) is 11.8. The molecule has 0 fully saturated rings. The van der Waals surface area contributed by atoms with Crippen molar-refractivity contribution in [1.82, 2.24) is 5.32 Å². The molecule has 0 atom stereocenters. The molecule has 0 rings (SSSR count). The maximum absolute atomic E-state index is 6.08. The minimum atomic E-state index is -0.0321. The fourth-order valence-electron chi connectivity index (χ4n) is 3.61. The van der Waals surface area contributed by atoms with Gasteiger partial charge in [-0.25, -0.2) is 0 Å². The molecule has 176 valence electrons. The molecule has 0 unspecified atom stereocenters. The zero-order valence-electron chi connectivity index (χ0n) is 20.6. The van der Waals surface area contributed by atoms with E-state index in [2.05, 4.69) is 33.0 Å². The van der Waals surface area contributed by atoms with Crippen molar-refractivity contribution in [1.29, 1.82) is 0 Å². The third-order valence-electron chi connectivity index (χ3n) is 5.54. The summed E-state index contributed by atoms with van der Waals surface area (Å²) in [6, 6.07) is 0.524. The van der Waals surface area contributed by atoms with E-state index in [-0.39, 0.29) is 6.29 Å². The van der Waals surface area contributed by atoms with Crippen molar-refractivity contribution in [2.75, 3.05) is 19.8 Å². The van der Waals surface area contributed by atoms with Crippen LogP contribution in [0.3, 0.4) is 0 Å². The minimum absolute atomic E-state index is 0.0321. The van der Waals surface area contributed by atoms with E-state index in [9.17, 15) is 0 Å². The van der Waals surface area contributed by atoms with Gasteiger partial charge in [-0.1, -0.05) is 118 Å². The van der Waals surface area contributed by atoms with E-state index in [0.717, 1.165) is 26.2 Å². The molecule has 0 bridgehead atoms. The van der Waals surface area contributed by atoms with Gasteiger partial charge in [-0.2, -0.15) is 0 Å². The molecule has 0 radical (unpaired) electrons.